The Labute approximate surface area is 68.7 Å². The predicted octanol–water partition coefficient (Wildman–Crippen LogP) is 1.29. The van der Waals surface area contributed by atoms with Crippen molar-refractivity contribution in [1.29, 1.82) is 0 Å². The third kappa shape index (κ3) is 26.1. The largest absolute Gasteiger partial charge is 0.392 e. The second kappa shape index (κ2) is 8.43. The molecule has 0 rings (SSSR count). The smallest absolute Gasteiger partial charge is 0.0719 e. The molecule has 0 aliphatic carbocycles. The maximum Gasteiger partial charge on any atom is 0.0719 e. The van der Waals surface area contributed by atoms with Crippen LogP contribution >= 0.6 is 12.2 Å². The van der Waals surface area contributed by atoms with E-state index in [0.29, 0.717) is 0 Å². The van der Waals surface area contributed by atoms with Crippen LogP contribution in [0.25, 0.3) is 0 Å². The highest BCUT2D eigenvalue weighted by molar-refractivity contribution is 7.80. The summed E-state index contributed by atoms with van der Waals surface area (Å²) in [6.07, 6.45) is 0. The van der Waals surface area contributed by atoms with Gasteiger partial charge in [0.05, 0.1) is 4.99 Å². The van der Waals surface area contributed by atoms with Gasteiger partial charge in [-0.1, -0.05) is 18.8 Å². The standard InChI is InChI=1S/C4H9N.C3H7NS/c1-4(2)5-3;1-3(5)4-2/h5H,1H2,2-3H3;1-2H3,(H,4,5). The summed E-state index contributed by atoms with van der Waals surface area (Å²) in [6, 6.07) is 0. The molecule has 10 heavy (non-hydrogen) atoms. The fraction of sp³-hybridized carbons (Fsp3) is 0.571. The van der Waals surface area contributed by atoms with Crippen molar-refractivity contribution in [1.82, 2.24) is 10.6 Å². The summed E-state index contributed by atoms with van der Waals surface area (Å²) in [5.74, 6) is 0. The number of nitrogens with one attached hydrogen (secondary N) is 2. The minimum absolute atomic E-state index is 0.838. The Morgan fingerprint density at radius 2 is 1.40 bits per heavy atom. The van der Waals surface area contributed by atoms with Crippen molar-refractivity contribution in [2.75, 3.05) is 14.1 Å². The van der Waals surface area contributed by atoms with E-state index < -0.39 is 0 Å². The van der Waals surface area contributed by atoms with Crippen LogP contribution in [0.4, 0.5) is 0 Å². The first-order valence-corrected chi connectivity index (χ1v) is 3.47. The zero-order valence-corrected chi connectivity index (χ0v) is 7.93. The first kappa shape index (κ1) is 12.1. The molecule has 0 saturated heterocycles. The minimum Gasteiger partial charge on any atom is -0.392 e. The van der Waals surface area contributed by atoms with Gasteiger partial charge in [-0.05, 0) is 19.5 Å². The highest BCUT2D eigenvalue weighted by Gasteiger charge is 1.66. The molecule has 0 aliphatic rings. The summed E-state index contributed by atoms with van der Waals surface area (Å²) in [5.41, 5.74) is 1.00. The van der Waals surface area contributed by atoms with E-state index >= 15 is 0 Å². The third-order valence-corrected chi connectivity index (χ3v) is 0.983. The Morgan fingerprint density at radius 3 is 1.40 bits per heavy atom. The molecule has 0 spiro atoms. The van der Waals surface area contributed by atoms with Crippen LogP contribution in [0.2, 0.25) is 0 Å². The van der Waals surface area contributed by atoms with Gasteiger partial charge < -0.3 is 10.6 Å². The van der Waals surface area contributed by atoms with E-state index in [0.717, 1.165) is 10.7 Å². The van der Waals surface area contributed by atoms with Gasteiger partial charge in [-0.25, -0.2) is 0 Å². The maximum absolute atomic E-state index is 4.59. The highest BCUT2D eigenvalue weighted by Crippen LogP contribution is 1.68. The molecule has 0 fully saturated rings. The highest BCUT2D eigenvalue weighted by atomic mass is 32.1. The molecule has 0 amide bonds. The number of hydrogen-bond donors (Lipinski definition) is 2. The average molecular weight is 160 g/mol. The van der Waals surface area contributed by atoms with Gasteiger partial charge in [0.2, 0.25) is 0 Å². The van der Waals surface area contributed by atoms with Crippen LogP contribution in [0, 0.1) is 0 Å². The van der Waals surface area contributed by atoms with Crippen LogP contribution in [-0.2, 0) is 0 Å². The summed E-state index contributed by atoms with van der Waals surface area (Å²) in [5, 5.41) is 5.59. The average Bonchev–Trinajstić information content (AvgIpc) is 1.89. The Bertz CT molecular complexity index is 96.2. The summed E-state index contributed by atoms with van der Waals surface area (Å²) in [7, 11) is 3.66. The Morgan fingerprint density at radius 1 is 1.20 bits per heavy atom. The Balaban J connectivity index is 0. The zero-order chi connectivity index (χ0) is 8.57. The number of rotatable bonds is 1. The summed E-state index contributed by atoms with van der Waals surface area (Å²) in [6.45, 7) is 7.32. The van der Waals surface area contributed by atoms with Gasteiger partial charge in [0.15, 0.2) is 0 Å². The third-order valence-electron chi connectivity index (χ3n) is 0.779. The molecule has 0 bridgehead atoms. The quantitative estimate of drug-likeness (QED) is 0.565. The van der Waals surface area contributed by atoms with E-state index in [1.807, 2.05) is 27.9 Å². The van der Waals surface area contributed by atoms with E-state index in [4.69, 9.17) is 0 Å². The Hall–Kier alpha value is -0.570. The van der Waals surface area contributed by atoms with E-state index in [1.165, 1.54) is 0 Å². The number of hydrogen-bond acceptors (Lipinski definition) is 2. The monoisotopic (exact) mass is 160 g/mol. The molecule has 0 saturated carbocycles. The van der Waals surface area contributed by atoms with Gasteiger partial charge in [-0.15, -0.1) is 0 Å². The van der Waals surface area contributed by atoms with Crippen molar-refractivity contribution >= 4 is 17.2 Å². The van der Waals surface area contributed by atoms with E-state index in [9.17, 15) is 0 Å². The van der Waals surface area contributed by atoms with Crippen LogP contribution in [0.1, 0.15) is 13.8 Å². The molecule has 0 aromatic rings. The lowest BCUT2D eigenvalue weighted by Crippen LogP contribution is -2.09. The summed E-state index contributed by atoms with van der Waals surface area (Å²) in [4.78, 5) is 0.838. The molecular formula is C7H16N2S. The molecular weight excluding hydrogens is 144 g/mol. The maximum atomic E-state index is 4.59. The molecule has 0 aliphatic heterocycles. The summed E-state index contributed by atoms with van der Waals surface area (Å²) < 4.78 is 0. The van der Waals surface area contributed by atoms with Crippen molar-refractivity contribution in [3.05, 3.63) is 12.3 Å². The van der Waals surface area contributed by atoms with Crippen molar-refractivity contribution in [2.24, 2.45) is 0 Å². The molecule has 2 N–H and O–H groups in total. The first-order chi connectivity index (χ1) is 4.54. The van der Waals surface area contributed by atoms with Gasteiger partial charge in [0.1, 0.15) is 0 Å². The van der Waals surface area contributed by atoms with Gasteiger partial charge in [0.25, 0.3) is 0 Å². The zero-order valence-electron chi connectivity index (χ0n) is 7.12. The molecule has 0 heterocycles. The van der Waals surface area contributed by atoms with Crippen LogP contribution in [0.15, 0.2) is 12.3 Å². The second-order valence-corrected chi connectivity index (χ2v) is 2.45. The fourth-order valence-corrected chi connectivity index (χ4v) is 0. The fourth-order valence-electron chi connectivity index (χ4n) is 0. The molecule has 2 nitrogen and oxygen atoms in total. The van der Waals surface area contributed by atoms with Crippen molar-refractivity contribution in [3.63, 3.8) is 0 Å². The molecule has 0 aromatic heterocycles. The topological polar surface area (TPSA) is 24.1 Å². The van der Waals surface area contributed by atoms with Crippen molar-refractivity contribution in [3.8, 4) is 0 Å². The first-order valence-electron chi connectivity index (χ1n) is 3.06. The summed E-state index contributed by atoms with van der Waals surface area (Å²) >= 11 is 4.59. The van der Waals surface area contributed by atoms with Crippen LogP contribution in [-0.4, -0.2) is 19.1 Å². The van der Waals surface area contributed by atoms with E-state index in [-0.39, 0.29) is 0 Å². The van der Waals surface area contributed by atoms with Gasteiger partial charge in [0, 0.05) is 14.1 Å². The van der Waals surface area contributed by atoms with Gasteiger partial charge in [-0.3, -0.25) is 0 Å². The Kier molecular flexibility index (Phi) is 10.2. The number of thiocarbonyl (C=S) groups is 1. The lowest BCUT2D eigenvalue weighted by atomic mass is 10.6. The van der Waals surface area contributed by atoms with Crippen LogP contribution in [0.5, 0.6) is 0 Å². The van der Waals surface area contributed by atoms with Gasteiger partial charge >= 0.3 is 0 Å². The molecule has 60 valence electrons. The molecule has 0 unspecified atom stereocenters. The van der Waals surface area contributed by atoms with E-state index in [1.54, 1.807) is 0 Å². The van der Waals surface area contributed by atoms with Crippen LogP contribution in [0.3, 0.4) is 0 Å². The van der Waals surface area contributed by atoms with Crippen molar-refractivity contribution < 1.29 is 0 Å². The molecule has 0 radical (unpaired) electrons. The lowest BCUT2D eigenvalue weighted by Gasteiger charge is -1.87. The van der Waals surface area contributed by atoms with E-state index in [2.05, 4.69) is 29.4 Å². The van der Waals surface area contributed by atoms with Crippen LogP contribution < -0.4 is 10.6 Å². The lowest BCUT2D eigenvalue weighted by molar-refractivity contribution is 0.999. The molecule has 0 aromatic carbocycles. The normalized spacial score (nSPS) is 6.80. The molecule has 0 atom stereocenters. The predicted molar refractivity (Wildman–Crippen MR) is 51.2 cm³/mol. The molecule has 3 heteroatoms. The SMILES string of the molecule is C=C(C)NC.CNC(C)=S. The van der Waals surface area contributed by atoms with Crippen molar-refractivity contribution in [2.45, 2.75) is 13.8 Å². The second-order valence-electron chi connectivity index (χ2n) is 1.84. The number of allylic oxidation sites excluding steroid dienone is 1. The van der Waals surface area contributed by atoms with Gasteiger partial charge in [-0.2, -0.15) is 0 Å². The minimum atomic E-state index is 0.838.